The lowest BCUT2D eigenvalue weighted by Gasteiger charge is -2.35. The molecule has 1 heterocycles. The van der Waals surface area contributed by atoms with Crippen LogP contribution in [0.1, 0.15) is 65.2 Å². The van der Waals surface area contributed by atoms with Gasteiger partial charge in [0.15, 0.2) is 5.96 Å². The molecule has 2 rings (SSSR count). The van der Waals surface area contributed by atoms with E-state index in [2.05, 4.69) is 24.5 Å². The highest BCUT2D eigenvalue weighted by Gasteiger charge is 2.32. The van der Waals surface area contributed by atoms with E-state index in [9.17, 15) is 0 Å². The Hall–Kier alpha value is -0.460. The summed E-state index contributed by atoms with van der Waals surface area (Å²) in [6.45, 7) is 9.39. The number of nitrogens with one attached hydrogen (secondary N) is 2. The van der Waals surface area contributed by atoms with Gasteiger partial charge in [-0.05, 0) is 38.4 Å². The lowest BCUT2D eigenvalue weighted by molar-refractivity contribution is 0.0468. The minimum absolute atomic E-state index is 0.242. The highest BCUT2D eigenvalue weighted by atomic mass is 32.2. The van der Waals surface area contributed by atoms with Gasteiger partial charge in [0.1, 0.15) is 0 Å². The summed E-state index contributed by atoms with van der Waals surface area (Å²) >= 11 is 2.04. The van der Waals surface area contributed by atoms with Crippen molar-refractivity contribution < 1.29 is 9.47 Å². The second-order valence-corrected chi connectivity index (χ2v) is 9.07. The molecule has 5 nitrogen and oxygen atoms in total. The third kappa shape index (κ3) is 8.05. The average molecular weight is 386 g/mol. The zero-order chi connectivity index (χ0) is 18.5. The van der Waals surface area contributed by atoms with Crippen molar-refractivity contribution in [3.05, 3.63) is 0 Å². The van der Waals surface area contributed by atoms with Gasteiger partial charge in [0.2, 0.25) is 0 Å². The number of thioether (sulfide) groups is 1. The van der Waals surface area contributed by atoms with E-state index in [1.807, 2.05) is 11.8 Å². The first-order valence-corrected chi connectivity index (χ1v) is 11.6. The van der Waals surface area contributed by atoms with Gasteiger partial charge in [-0.25, -0.2) is 0 Å². The molecule has 152 valence electrons. The van der Waals surface area contributed by atoms with Gasteiger partial charge in [-0.2, -0.15) is 11.8 Å². The summed E-state index contributed by atoms with van der Waals surface area (Å²) in [5.74, 6) is 2.05. The first-order valence-electron chi connectivity index (χ1n) is 10.6. The summed E-state index contributed by atoms with van der Waals surface area (Å²) in [5, 5.41) is 6.82. The number of hydrogen-bond donors (Lipinski definition) is 2. The highest BCUT2D eigenvalue weighted by Crippen LogP contribution is 2.35. The molecule has 26 heavy (non-hydrogen) atoms. The second-order valence-electron chi connectivity index (χ2n) is 7.33. The maximum Gasteiger partial charge on any atom is 0.191 e. The van der Waals surface area contributed by atoms with Gasteiger partial charge < -0.3 is 20.1 Å². The third-order valence-electron chi connectivity index (χ3n) is 5.27. The second kappa shape index (κ2) is 12.8. The van der Waals surface area contributed by atoms with E-state index in [-0.39, 0.29) is 4.75 Å². The topological polar surface area (TPSA) is 54.9 Å². The Morgan fingerprint density at radius 2 is 1.85 bits per heavy atom. The molecule has 2 N–H and O–H groups in total. The number of rotatable bonds is 9. The normalized spacial score (nSPS) is 22.0. The Bertz CT molecular complexity index is 387. The Labute approximate surface area is 164 Å². The third-order valence-corrected chi connectivity index (χ3v) is 6.71. The lowest BCUT2D eigenvalue weighted by atomic mass is 9.99. The van der Waals surface area contributed by atoms with Crippen molar-refractivity contribution in [2.75, 3.05) is 45.2 Å². The Balaban J connectivity index is 1.75. The molecule has 6 heteroatoms. The summed E-state index contributed by atoms with van der Waals surface area (Å²) in [4.78, 5) is 4.89. The molecular weight excluding hydrogens is 346 g/mol. The summed E-state index contributed by atoms with van der Waals surface area (Å²) in [5.41, 5.74) is 0. The number of nitrogens with zero attached hydrogens (tertiary/aromatic N) is 1. The van der Waals surface area contributed by atoms with E-state index in [1.165, 1.54) is 38.5 Å². The van der Waals surface area contributed by atoms with Crippen LogP contribution in [-0.2, 0) is 9.47 Å². The summed E-state index contributed by atoms with van der Waals surface area (Å²) in [7, 11) is 0. The minimum Gasteiger partial charge on any atom is -0.381 e. The van der Waals surface area contributed by atoms with Crippen molar-refractivity contribution >= 4 is 17.7 Å². The van der Waals surface area contributed by atoms with Crippen molar-refractivity contribution in [2.24, 2.45) is 4.99 Å². The van der Waals surface area contributed by atoms with E-state index in [0.717, 1.165) is 64.0 Å². The number of aliphatic imine (C=N–C) groups is 1. The molecule has 1 aliphatic carbocycles. The van der Waals surface area contributed by atoms with E-state index in [4.69, 9.17) is 14.5 Å². The molecule has 1 saturated carbocycles. The van der Waals surface area contributed by atoms with Crippen LogP contribution in [0.15, 0.2) is 4.99 Å². The first kappa shape index (κ1) is 21.8. The smallest absolute Gasteiger partial charge is 0.191 e. The van der Waals surface area contributed by atoms with Crippen LogP contribution in [-0.4, -0.2) is 62.0 Å². The van der Waals surface area contributed by atoms with Crippen LogP contribution in [0.3, 0.4) is 0 Å². The van der Waals surface area contributed by atoms with Gasteiger partial charge in [0.25, 0.3) is 0 Å². The molecule has 1 aliphatic heterocycles. The standard InChI is InChI=1S/C20H39N3O2S/c1-3-21-19(22-13-16-25-18-9-7-5-6-8-10-18)23-17-20(26-4-2)11-14-24-15-12-20/h18H,3-17H2,1-2H3,(H2,21,22,23). The van der Waals surface area contributed by atoms with Crippen LogP contribution in [0.4, 0.5) is 0 Å². The predicted molar refractivity (Wildman–Crippen MR) is 112 cm³/mol. The fourth-order valence-electron chi connectivity index (χ4n) is 3.77. The van der Waals surface area contributed by atoms with Crippen LogP contribution < -0.4 is 10.6 Å². The molecule has 0 radical (unpaired) electrons. The molecule has 0 bridgehead atoms. The SMILES string of the molecule is CCNC(=NCC1(SCC)CCOCC1)NCCOC1CCCCCC1. The predicted octanol–water partition coefficient (Wildman–Crippen LogP) is 3.58. The Kier molecular flexibility index (Phi) is 10.8. The maximum atomic E-state index is 6.08. The first-order chi connectivity index (χ1) is 12.8. The minimum atomic E-state index is 0.242. The summed E-state index contributed by atoms with van der Waals surface area (Å²) in [6, 6.07) is 0. The van der Waals surface area contributed by atoms with Crippen molar-refractivity contribution in [3.63, 3.8) is 0 Å². The molecule has 0 unspecified atom stereocenters. The lowest BCUT2D eigenvalue weighted by Crippen LogP contribution is -2.42. The Morgan fingerprint density at radius 1 is 1.12 bits per heavy atom. The molecule has 0 aromatic heterocycles. The van der Waals surface area contributed by atoms with Gasteiger partial charge in [-0.3, -0.25) is 4.99 Å². The van der Waals surface area contributed by atoms with Crippen LogP contribution in [0, 0.1) is 0 Å². The van der Waals surface area contributed by atoms with Crippen LogP contribution in [0.25, 0.3) is 0 Å². The van der Waals surface area contributed by atoms with Crippen molar-refractivity contribution in [3.8, 4) is 0 Å². The molecule has 2 aliphatic rings. The van der Waals surface area contributed by atoms with Crippen molar-refractivity contribution in [1.29, 1.82) is 0 Å². The van der Waals surface area contributed by atoms with E-state index in [0.29, 0.717) is 6.10 Å². The molecule has 0 atom stereocenters. The fraction of sp³-hybridized carbons (Fsp3) is 0.950. The zero-order valence-electron chi connectivity index (χ0n) is 16.9. The molecule has 0 aromatic carbocycles. The average Bonchev–Trinajstić information content (AvgIpc) is 2.93. The van der Waals surface area contributed by atoms with Crippen molar-refractivity contribution in [2.45, 2.75) is 76.1 Å². The van der Waals surface area contributed by atoms with Gasteiger partial charge in [-0.15, -0.1) is 0 Å². The fourth-order valence-corrected chi connectivity index (χ4v) is 4.99. The molecular formula is C20H39N3O2S. The van der Waals surface area contributed by atoms with E-state index >= 15 is 0 Å². The largest absolute Gasteiger partial charge is 0.381 e. The van der Waals surface area contributed by atoms with Gasteiger partial charge in [0, 0.05) is 31.1 Å². The van der Waals surface area contributed by atoms with Gasteiger partial charge in [-0.1, -0.05) is 32.6 Å². The van der Waals surface area contributed by atoms with Gasteiger partial charge >= 0.3 is 0 Å². The van der Waals surface area contributed by atoms with Gasteiger partial charge in [0.05, 0.1) is 19.3 Å². The maximum absolute atomic E-state index is 6.08. The Morgan fingerprint density at radius 3 is 2.50 bits per heavy atom. The number of hydrogen-bond acceptors (Lipinski definition) is 4. The highest BCUT2D eigenvalue weighted by molar-refractivity contribution is 8.00. The molecule has 2 fully saturated rings. The quantitative estimate of drug-likeness (QED) is 0.275. The number of ether oxygens (including phenoxy) is 2. The van der Waals surface area contributed by atoms with E-state index < -0.39 is 0 Å². The van der Waals surface area contributed by atoms with Crippen LogP contribution in [0.2, 0.25) is 0 Å². The van der Waals surface area contributed by atoms with E-state index in [1.54, 1.807) is 0 Å². The molecule has 0 spiro atoms. The zero-order valence-corrected chi connectivity index (χ0v) is 17.7. The van der Waals surface area contributed by atoms with Crippen molar-refractivity contribution in [1.82, 2.24) is 10.6 Å². The number of guanidine groups is 1. The summed E-state index contributed by atoms with van der Waals surface area (Å²) in [6.07, 6.45) is 10.5. The monoisotopic (exact) mass is 385 g/mol. The van der Waals surface area contributed by atoms with Crippen LogP contribution in [0.5, 0.6) is 0 Å². The molecule has 1 saturated heterocycles. The molecule has 0 aromatic rings. The molecule has 0 amide bonds. The summed E-state index contributed by atoms with van der Waals surface area (Å²) < 4.78 is 11.9. The van der Waals surface area contributed by atoms with Crippen LogP contribution >= 0.6 is 11.8 Å².